The molecule has 1 saturated heterocycles. The Morgan fingerprint density at radius 1 is 1.50 bits per heavy atom. The van der Waals surface area contributed by atoms with E-state index in [-0.39, 0.29) is 12.0 Å². The van der Waals surface area contributed by atoms with Gasteiger partial charge in [-0.1, -0.05) is 0 Å². The summed E-state index contributed by atoms with van der Waals surface area (Å²) in [6.07, 6.45) is 2.25. The largest absolute Gasteiger partial charge is 0.497 e. The number of H-pyrrole nitrogens is 1. The van der Waals surface area contributed by atoms with Crippen molar-refractivity contribution in [1.82, 2.24) is 10.3 Å². The minimum Gasteiger partial charge on any atom is -0.497 e. The molecule has 2 N–H and O–H groups in total. The first-order chi connectivity index (χ1) is 9.76. The van der Waals surface area contributed by atoms with Crippen LogP contribution >= 0.6 is 0 Å². The lowest BCUT2D eigenvalue weighted by molar-refractivity contribution is 0.0854. The van der Waals surface area contributed by atoms with Gasteiger partial charge in [0.1, 0.15) is 11.4 Å². The summed E-state index contributed by atoms with van der Waals surface area (Å²) in [6, 6.07) is 7.54. The van der Waals surface area contributed by atoms with Gasteiger partial charge in [-0.05, 0) is 31.0 Å². The first-order valence-electron chi connectivity index (χ1n) is 6.83. The van der Waals surface area contributed by atoms with Gasteiger partial charge < -0.3 is 19.8 Å². The number of amides is 1. The topological polar surface area (TPSA) is 63.4 Å². The van der Waals surface area contributed by atoms with Crippen molar-refractivity contribution < 1.29 is 14.3 Å². The molecule has 0 unspecified atom stereocenters. The number of aromatic nitrogens is 1. The van der Waals surface area contributed by atoms with Gasteiger partial charge in [-0.25, -0.2) is 0 Å². The minimum absolute atomic E-state index is 0.101. The number of carbonyl (C=O) groups is 1. The maximum atomic E-state index is 12.1. The molecule has 0 radical (unpaired) electrons. The highest BCUT2D eigenvalue weighted by molar-refractivity contribution is 5.98. The molecule has 1 atom stereocenters. The second-order valence-corrected chi connectivity index (χ2v) is 4.98. The molecule has 1 aliphatic rings. The predicted molar refractivity (Wildman–Crippen MR) is 76.2 cm³/mol. The van der Waals surface area contributed by atoms with Crippen LogP contribution in [0.5, 0.6) is 5.75 Å². The third-order valence-corrected chi connectivity index (χ3v) is 3.59. The van der Waals surface area contributed by atoms with Crippen LogP contribution in [0, 0.1) is 0 Å². The van der Waals surface area contributed by atoms with Gasteiger partial charge in [0.15, 0.2) is 0 Å². The number of rotatable bonds is 4. The van der Waals surface area contributed by atoms with Gasteiger partial charge in [-0.15, -0.1) is 0 Å². The predicted octanol–water partition coefficient (Wildman–Crippen LogP) is 2.09. The number of nitrogens with one attached hydrogen (secondary N) is 2. The fraction of sp³-hybridized carbons (Fsp3) is 0.400. The summed E-state index contributed by atoms with van der Waals surface area (Å²) in [5.41, 5.74) is 1.46. The van der Waals surface area contributed by atoms with Crippen molar-refractivity contribution in [2.75, 3.05) is 20.3 Å². The minimum atomic E-state index is -0.101. The van der Waals surface area contributed by atoms with Crippen LogP contribution in [0.15, 0.2) is 24.3 Å². The van der Waals surface area contributed by atoms with Crippen LogP contribution in [0.3, 0.4) is 0 Å². The Morgan fingerprint density at radius 3 is 3.15 bits per heavy atom. The number of aromatic amines is 1. The number of hydrogen-bond donors (Lipinski definition) is 2. The van der Waals surface area contributed by atoms with E-state index < -0.39 is 0 Å². The van der Waals surface area contributed by atoms with Crippen LogP contribution in [0.1, 0.15) is 23.3 Å². The lowest BCUT2D eigenvalue weighted by Gasteiger charge is -2.09. The molecule has 106 valence electrons. The van der Waals surface area contributed by atoms with Crippen molar-refractivity contribution in [1.29, 1.82) is 0 Å². The van der Waals surface area contributed by atoms with Crippen LogP contribution in [-0.4, -0.2) is 37.3 Å². The number of carbonyl (C=O) groups excluding carboxylic acids is 1. The van der Waals surface area contributed by atoms with E-state index in [4.69, 9.17) is 9.47 Å². The Balaban J connectivity index is 1.70. The van der Waals surface area contributed by atoms with Crippen LogP contribution in [0.25, 0.3) is 10.9 Å². The van der Waals surface area contributed by atoms with Gasteiger partial charge in [0.25, 0.3) is 5.91 Å². The fourth-order valence-electron chi connectivity index (χ4n) is 2.46. The maximum Gasteiger partial charge on any atom is 0.267 e. The summed E-state index contributed by atoms with van der Waals surface area (Å²) < 4.78 is 10.7. The third kappa shape index (κ3) is 2.63. The van der Waals surface area contributed by atoms with Gasteiger partial charge in [0.2, 0.25) is 0 Å². The fourth-order valence-corrected chi connectivity index (χ4v) is 2.46. The molecular weight excluding hydrogens is 256 g/mol. The summed E-state index contributed by atoms with van der Waals surface area (Å²) in [6.45, 7) is 1.37. The molecule has 0 aliphatic carbocycles. The molecule has 5 heteroatoms. The van der Waals surface area contributed by atoms with Crippen molar-refractivity contribution in [3.8, 4) is 5.75 Å². The zero-order valence-corrected chi connectivity index (χ0v) is 11.4. The average molecular weight is 274 g/mol. The van der Waals surface area contributed by atoms with Crippen molar-refractivity contribution in [3.63, 3.8) is 0 Å². The van der Waals surface area contributed by atoms with Gasteiger partial charge in [-0.2, -0.15) is 0 Å². The summed E-state index contributed by atoms with van der Waals surface area (Å²) in [5.74, 6) is 0.668. The highest BCUT2D eigenvalue weighted by atomic mass is 16.5. The van der Waals surface area contributed by atoms with Crippen molar-refractivity contribution in [2.45, 2.75) is 18.9 Å². The summed E-state index contributed by atoms with van der Waals surface area (Å²) in [4.78, 5) is 15.2. The summed E-state index contributed by atoms with van der Waals surface area (Å²) in [7, 11) is 1.62. The Morgan fingerprint density at radius 2 is 2.40 bits per heavy atom. The molecule has 1 aromatic heterocycles. The molecule has 2 aromatic rings. The molecule has 2 heterocycles. The maximum absolute atomic E-state index is 12.1. The van der Waals surface area contributed by atoms with Crippen LogP contribution in [-0.2, 0) is 4.74 Å². The Kier molecular flexibility index (Phi) is 3.60. The van der Waals surface area contributed by atoms with Crippen molar-refractivity contribution in [3.05, 3.63) is 30.0 Å². The number of hydrogen-bond acceptors (Lipinski definition) is 3. The van der Waals surface area contributed by atoms with E-state index in [2.05, 4.69) is 10.3 Å². The Bertz CT molecular complexity index is 615. The molecule has 5 nitrogen and oxygen atoms in total. The van der Waals surface area contributed by atoms with Gasteiger partial charge in [0.05, 0.1) is 13.2 Å². The van der Waals surface area contributed by atoms with Crippen LogP contribution in [0.2, 0.25) is 0 Å². The first-order valence-corrected chi connectivity index (χ1v) is 6.83. The van der Waals surface area contributed by atoms with E-state index >= 15 is 0 Å². The highest BCUT2D eigenvalue weighted by Gasteiger charge is 2.17. The number of fused-ring (bicyclic) bond motifs is 1. The van der Waals surface area contributed by atoms with E-state index in [9.17, 15) is 4.79 Å². The molecule has 0 bridgehead atoms. The first kappa shape index (κ1) is 13.0. The number of methoxy groups -OCH3 is 1. The number of benzene rings is 1. The molecule has 0 saturated carbocycles. The van der Waals surface area contributed by atoms with Crippen LogP contribution < -0.4 is 10.1 Å². The molecular formula is C15H18N2O3. The highest BCUT2D eigenvalue weighted by Crippen LogP contribution is 2.21. The summed E-state index contributed by atoms with van der Waals surface area (Å²) >= 11 is 0. The smallest absolute Gasteiger partial charge is 0.267 e. The lowest BCUT2D eigenvalue weighted by atomic mass is 10.2. The van der Waals surface area contributed by atoms with E-state index in [1.165, 1.54) is 0 Å². The standard InChI is InChI=1S/C15H18N2O3/c1-19-11-5-4-10-7-14(17-13(10)8-11)15(18)16-9-12-3-2-6-20-12/h4-5,7-8,12,17H,2-3,6,9H2,1H3,(H,16,18)/t12-/m0/s1. The molecule has 1 aromatic carbocycles. The Hall–Kier alpha value is -2.01. The van der Waals surface area contributed by atoms with E-state index in [1.54, 1.807) is 7.11 Å². The molecule has 3 rings (SSSR count). The zero-order valence-electron chi connectivity index (χ0n) is 11.4. The molecule has 20 heavy (non-hydrogen) atoms. The molecule has 1 fully saturated rings. The third-order valence-electron chi connectivity index (χ3n) is 3.59. The van der Waals surface area contributed by atoms with Crippen LogP contribution in [0.4, 0.5) is 0 Å². The van der Waals surface area contributed by atoms with Gasteiger partial charge in [0, 0.05) is 30.1 Å². The van der Waals surface area contributed by atoms with Gasteiger partial charge in [-0.3, -0.25) is 4.79 Å². The van der Waals surface area contributed by atoms with Crippen molar-refractivity contribution in [2.24, 2.45) is 0 Å². The lowest BCUT2D eigenvalue weighted by Crippen LogP contribution is -2.31. The second-order valence-electron chi connectivity index (χ2n) is 4.98. The monoisotopic (exact) mass is 274 g/mol. The van der Waals surface area contributed by atoms with E-state index in [1.807, 2.05) is 24.3 Å². The SMILES string of the molecule is COc1ccc2cc(C(=O)NC[C@@H]3CCCO3)[nH]c2c1. The number of ether oxygens (including phenoxy) is 2. The molecule has 0 spiro atoms. The van der Waals surface area contributed by atoms with E-state index in [0.717, 1.165) is 36.1 Å². The normalized spacial score (nSPS) is 18.4. The van der Waals surface area contributed by atoms with Crippen molar-refractivity contribution >= 4 is 16.8 Å². The second kappa shape index (κ2) is 5.54. The average Bonchev–Trinajstić information content (AvgIpc) is 3.12. The Labute approximate surface area is 117 Å². The molecule has 1 aliphatic heterocycles. The summed E-state index contributed by atoms with van der Waals surface area (Å²) in [5, 5.41) is 3.90. The van der Waals surface area contributed by atoms with Gasteiger partial charge >= 0.3 is 0 Å². The molecule has 1 amide bonds. The quantitative estimate of drug-likeness (QED) is 0.897. The van der Waals surface area contributed by atoms with E-state index in [0.29, 0.717) is 12.2 Å². The zero-order chi connectivity index (χ0) is 13.9.